The van der Waals surface area contributed by atoms with Gasteiger partial charge in [-0.1, -0.05) is 36.4 Å². The second-order valence-corrected chi connectivity index (χ2v) is 4.93. The zero-order valence-electron chi connectivity index (χ0n) is 12.0. The van der Waals surface area contributed by atoms with Gasteiger partial charge in [0.05, 0.1) is 12.2 Å². The van der Waals surface area contributed by atoms with Crippen LogP contribution in [0.2, 0.25) is 0 Å². The van der Waals surface area contributed by atoms with Crippen LogP contribution in [0.4, 0.5) is 0 Å². The minimum Gasteiger partial charge on any atom is -0.456 e. The Bertz CT molecular complexity index is 736. The first-order valence-corrected chi connectivity index (χ1v) is 7.12. The van der Waals surface area contributed by atoms with Crippen LogP contribution in [-0.4, -0.2) is 10.9 Å². The molecule has 0 unspecified atom stereocenters. The van der Waals surface area contributed by atoms with Gasteiger partial charge in [-0.05, 0) is 29.8 Å². The van der Waals surface area contributed by atoms with Gasteiger partial charge in [-0.25, -0.2) is 0 Å². The minimum atomic E-state index is -0.232. The van der Waals surface area contributed by atoms with Crippen molar-refractivity contribution in [3.63, 3.8) is 0 Å². The molecule has 0 saturated heterocycles. The molecule has 0 atom stereocenters. The third kappa shape index (κ3) is 3.61. The summed E-state index contributed by atoms with van der Waals surface area (Å²) in [6.07, 6.45) is 2.38. The second kappa shape index (κ2) is 6.72. The molecule has 110 valence electrons. The first-order chi connectivity index (χ1) is 10.8. The first-order valence-electron chi connectivity index (χ1n) is 7.12. The van der Waals surface area contributed by atoms with Crippen LogP contribution in [0.3, 0.4) is 0 Å². The molecule has 0 bridgehead atoms. The second-order valence-electron chi connectivity index (χ2n) is 4.93. The lowest BCUT2D eigenvalue weighted by Gasteiger charge is -2.02. The summed E-state index contributed by atoms with van der Waals surface area (Å²) in [7, 11) is 0. The largest absolute Gasteiger partial charge is 0.456 e. The number of rotatable bonds is 5. The topological polar surface area (TPSA) is 55.1 Å². The number of aromatic nitrogens is 1. The Morgan fingerprint density at radius 1 is 1.00 bits per heavy atom. The van der Waals surface area contributed by atoms with E-state index in [1.165, 1.54) is 0 Å². The van der Waals surface area contributed by atoms with E-state index in [4.69, 9.17) is 4.42 Å². The van der Waals surface area contributed by atoms with Gasteiger partial charge in [0.1, 0.15) is 5.76 Å². The van der Waals surface area contributed by atoms with E-state index in [1.807, 2.05) is 54.6 Å². The lowest BCUT2D eigenvalue weighted by Crippen LogP contribution is -2.22. The maximum Gasteiger partial charge on any atom is 0.287 e. The quantitative estimate of drug-likeness (QED) is 0.785. The van der Waals surface area contributed by atoms with Gasteiger partial charge in [-0.2, -0.15) is 0 Å². The van der Waals surface area contributed by atoms with Crippen LogP contribution in [-0.2, 0) is 13.0 Å². The number of nitrogens with zero attached hydrogens (tertiary/aromatic N) is 1. The van der Waals surface area contributed by atoms with Crippen LogP contribution >= 0.6 is 0 Å². The Morgan fingerprint density at radius 3 is 2.59 bits per heavy atom. The van der Waals surface area contributed by atoms with Crippen molar-refractivity contribution in [1.82, 2.24) is 10.3 Å². The predicted molar refractivity (Wildman–Crippen MR) is 83.4 cm³/mol. The Morgan fingerprint density at radius 2 is 1.82 bits per heavy atom. The number of benzene rings is 1. The molecule has 0 aliphatic rings. The fourth-order valence-electron chi connectivity index (χ4n) is 2.15. The Kier molecular flexibility index (Phi) is 4.30. The molecule has 3 rings (SSSR count). The van der Waals surface area contributed by atoms with Gasteiger partial charge in [0.25, 0.3) is 5.91 Å². The normalized spacial score (nSPS) is 10.4. The molecule has 1 amide bonds. The Labute approximate surface area is 128 Å². The molecule has 0 fully saturated rings. The molecule has 0 aliphatic carbocycles. The van der Waals surface area contributed by atoms with Crippen LogP contribution in [0.15, 0.2) is 71.3 Å². The van der Waals surface area contributed by atoms with E-state index in [9.17, 15) is 4.79 Å². The van der Waals surface area contributed by atoms with Crippen molar-refractivity contribution in [2.45, 2.75) is 13.0 Å². The fraction of sp³-hybridized carbons (Fsp3) is 0.111. The number of pyridine rings is 1. The molecule has 1 aromatic carbocycles. The van der Waals surface area contributed by atoms with Gasteiger partial charge in [0.15, 0.2) is 5.76 Å². The highest BCUT2D eigenvalue weighted by atomic mass is 16.3. The van der Waals surface area contributed by atoms with Gasteiger partial charge in [-0.15, -0.1) is 0 Å². The smallest absolute Gasteiger partial charge is 0.287 e. The number of furan rings is 1. The SMILES string of the molecule is O=C(NCc1ccccn1)c1ccc(Cc2ccccc2)o1. The number of hydrogen-bond acceptors (Lipinski definition) is 3. The van der Waals surface area contributed by atoms with Gasteiger partial charge >= 0.3 is 0 Å². The van der Waals surface area contributed by atoms with Crippen molar-refractivity contribution in [3.8, 4) is 0 Å². The molecule has 0 saturated carbocycles. The maximum absolute atomic E-state index is 12.1. The minimum absolute atomic E-state index is 0.232. The van der Waals surface area contributed by atoms with Crippen LogP contribution < -0.4 is 5.32 Å². The van der Waals surface area contributed by atoms with Crippen molar-refractivity contribution >= 4 is 5.91 Å². The number of amides is 1. The summed E-state index contributed by atoms with van der Waals surface area (Å²) in [6.45, 7) is 0.383. The highest BCUT2D eigenvalue weighted by Gasteiger charge is 2.11. The molecule has 3 aromatic rings. The Balaban J connectivity index is 1.60. The zero-order chi connectivity index (χ0) is 15.2. The molecule has 0 aliphatic heterocycles. The lowest BCUT2D eigenvalue weighted by molar-refractivity contribution is 0.0921. The van der Waals surface area contributed by atoms with E-state index in [2.05, 4.69) is 10.3 Å². The summed E-state index contributed by atoms with van der Waals surface area (Å²) in [4.78, 5) is 16.2. The molecule has 22 heavy (non-hydrogen) atoms. The molecular formula is C18H16N2O2. The molecule has 2 heterocycles. The van der Waals surface area contributed by atoms with E-state index >= 15 is 0 Å². The highest BCUT2D eigenvalue weighted by Crippen LogP contribution is 2.13. The molecule has 4 heteroatoms. The number of hydrogen-bond donors (Lipinski definition) is 1. The number of nitrogens with one attached hydrogen (secondary N) is 1. The average molecular weight is 292 g/mol. The van der Waals surface area contributed by atoms with Crippen LogP contribution in [0.25, 0.3) is 0 Å². The highest BCUT2D eigenvalue weighted by molar-refractivity contribution is 5.91. The van der Waals surface area contributed by atoms with Crippen molar-refractivity contribution in [2.75, 3.05) is 0 Å². The van der Waals surface area contributed by atoms with Crippen LogP contribution in [0.1, 0.15) is 27.6 Å². The van der Waals surface area contributed by atoms with E-state index < -0.39 is 0 Å². The summed E-state index contributed by atoms with van der Waals surface area (Å²) < 4.78 is 5.61. The summed E-state index contributed by atoms with van der Waals surface area (Å²) in [6, 6.07) is 19.1. The number of carbonyl (C=O) groups excluding carboxylic acids is 1. The van der Waals surface area contributed by atoms with Gasteiger partial charge < -0.3 is 9.73 Å². The van der Waals surface area contributed by atoms with E-state index in [0.29, 0.717) is 18.7 Å². The molecule has 0 radical (unpaired) electrons. The maximum atomic E-state index is 12.1. The molecule has 0 spiro atoms. The van der Waals surface area contributed by atoms with E-state index in [1.54, 1.807) is 12.3 Å². The predicted octanol–water partition coefficient (Wildman–Crippen LogP) is 3.20. The first kappa shape index (κ1) is 14.1. The molecule has 2 aromatic heterocycles. The molecular weight excluding hydrogens is 276 g/mol. The molecule has 4 nitrogen and oxygen atoms in total. The fourth-order valence-corrected chi connectivity index (χ4v) is 2.15. The summed E-state index contributed by atoms with van der Waals surface area (Å²) >= 11 is 0. The van der Waals surface area contributed by atoms with Crippen molar-refractivity contribution in [2.24, 2.45) is 0 Å². The average Bonchev–Trinajstić information content (AvgIpc) is 3.03. The van der Waals surface area contributed by atoms with Gasteiger partial charge in [-0.3, -0.25) is 9.78 Å². The summed E-state index contributed by atoms with van der Waals surface area (Å²) in [5.41, 5.74) is 1.96. The van der Waals surface area contributed by atoms with E-state index in [0.717, 1.165) is 17.0 Å². The van der Waals surface area contributed by atoms with Crippen molar-refractivity contribution in [1.29, 1.82) is 0 Å². The number of carbonyl (C=O) groups is 1. The third-order valence-corrected chi connectivity index (χ3v) is 3.26. The van der Waals surface area contributed by atoms with Crippen molar-refractivity contribution in [3.05, 3.63) is 89.6 Å². The van der Waals surface area contributed by atoms with E-state index in [-0.39, 0.29) is 5.91 Å². The van der Waals surface area contributed by atoms with Crippen LogP contribution in [0, 0.1) is 0 Å². The monoisotopic (exact) mass is 292 g/mol. The summed E-state index contributed by atoms with van der Waals surface area (Å²) in [5, 5.41) is 2.80. The summed E-state index contributed by atoms with van der Waals surface area (Å²) in [5.74, 6) is 0.862. The van der Waals surface area contributed by atoms with Gasteiger partial charge in [0.2, 0.25) is 0 Å². The van der Waals surface area contributed by atoms with Gasteiger partial charge in [0, 0.05) is 12.6 Å². The van der Waals surface area contributed by atoms with Crippen molar-refractivity contribution < 1.29 is 9.21 Å². The lowest BCUT2D eigenvalue weighted by atomic mass is 10.1. The molecule has 1 N–H and O–H groups in total. The van der Waals surface area contributed by atoms with Crippen LogP contribution in [0.5, 0.6) is 0 Å². The Hall–Kier alpha value is -2.88. The third-order valence-electron chi connectivity index (χ3n) is 3.26. The zero-order valence-corrected chi connectivity index (χ0v) is 12.0. The standard InChI is InChI=1S/C18H16N2O2/c21-18(20-13-15-8-4-5-11-19-15)17-10-9-16(22-17)12-14-6-2-1-3-7-14/h1-11H,12-13H2,(H,20,21).